The van der Waals surface area contributed by atoms with Gasteiger partial charge in [0, 0.05) is 36.6 Å². The van der Waals surface area contributed by atoms with Gasteiger partial charge in [0.2, 0.25) is 5.78 Å². The Balaban J connectivity index is 1.42. The second-order valence-electron chi connectivity index (χ2n) is 12.8. The highest BCUT2D eigenvalue weighted by Crippen LogP contribution is 2.52. The van der Waals surface area contributed by atoms with Crippen molar-refractivity contribution in [3.8, 4) is 17.2 Å². The Morgan fingerprint density at radius 1 is 0.872 bits per heavy atom. The Hall–Kier alpha value is -3.22. The monoisotopic (exact) mass is 661 g/mol. The predicted octanol–water partition coefficient (Wildman–Crippen LogP) is -1.32. The number of phenolic OH excluding ortho intramolecular Hbond substituents is 2. The zero-order valence-corrected chi connectivity index (χ0v) is 25.9. The van der Waals surface area contributed by atoms with Gasteiger partial charge < -0.3 is 64.5 Å². The first-order chi connectivity index (χ1) is 22.1. The number of carbonyl (C=O) groups is 2. The maximum absolute atomic E-state index is 14.2. The number of benzene rings is 2. The van der Waals surface area contributed by atoms with Crippen LogP contribution in [0.25, 0.3) is 0 Å². The Kier molecular flexibility index (Phi) is 8.62. The first-order valence-electron chi connectivity index (χ1n) is 15.2. The van der Waals surface area contributed by atoms with E-state index in [2.05, 4.69) is 0 Å². The molecule has 6 rings (SSSR count). The molecule has 256 valence electrons. The number of aliphatic hydroxyl groups is 5. The second kappa shape index (κ2) is 12.0. The summed E-state index contributed by atoms with van der Waals surface area (Å²) < 4.78 is 28.1. The lowest BCUT2D eigenvalue weighted by Crippen LogP contribution is -2.63. The van der Waals surface area contributed by atoms with Gasteiger partial charge in [0.25, 0.3) is 0 Å². The van der Waals surface area contributed by atoms with Gasteiger partial charge in [0.05, 0.1) is 46.7 Å². The van der Waals surface area contributed by atoms with Crippen molar-refractivity contribution in [2.75, 3.05) is 7.11 Å². The lowest BCUT2D eigenvalue weighted by atomic mass is 9.73. The normalized spacial score (nSPS) is 38.4. The third-order valence-corrected chi connectivity index (χ3v) is 9.43. The van der Waals surface area contributed by atoms with E-state index >= 15 is 0 Å². The topological polar surface area (TPSA) is 245 Å². The number of carbonyl (C=O) groups excluding carboxylic acids is 2. The molecule has 2 aliphatic carbocycles. The highest BCUT2D eigenvalue weighted by atomic mass is 16.7. The molecule has 2 aromatic rings. The van der Waals surface area contributed by atoms with Crippen LogP contribution in [0.3, 0.4) is 0 Å². The fraction of sp³-hybridized carbons (Fsp3) is 0.562. The summed E-state index contributed by atoms with van der Waals surface area (Å²) in [6, 6.07) is 3.95. The quantitative estimate of drug-likeness (QED) is 0.157. The standard InChI is InChI=1S/C32H37O15/c1-10-20(33)26(39)27(40)30(44-10)46-14-7-5-6-12-16(14)24(37)19-18(22(12)35)23(36)13-8-32(3,42)9-15(17(13)25(19)38)47-31-28(41)29(43-4)21(34)11(2)45-31/h5-7,10-11,15,20-21,26-31,33-34,36,38-39,41-42H,8-9H2,1-4H3/q-1. The van der Waals surface area contributed by atoms with Crippen LogP contribution < -0.4 is 9.84 Å². The van der Waals surface area contributed by atoms with E-state index in [9.17, 15) is 50.4 Å². The van der Waals surface area contributed by atoms with Crippen LogP contribution in [0.1, 0.15) is 76.3 Å². The highest BCUT2D eigenvalue weighted by Gasteiger charge is 2.49. The molecule has 15 heteroatoms. The van der Waals surface area contributed by atoms with E-state index in [0.717, 1.165) is 0 Å². The molecule has 0 radical (unpaired) electrons. The summed E-state index contributed by atoms with van der Waals surface area (Å²) in [6.07, 6.45) is -15.7. The van der Waals surface area contributed by atoms with Crippen molar-refractivity contribution in [1.82, 2.24) is 0 Å². The van der Waals surface area contributed by atoms with Crippen LogP contribution in [0, 0.1) is 0 Å². The molecule has 0 aromatic heterocycles. The fourth-order valence-corrected chi connectivity index (χ4v) is 6.92. The van der Waals surface area contributed by atoms with Gasteiger partial charge in [-0.25, -0.2) is 0 Å². The third-order valence-electron chi connectivity index (χ3n) is 9.43. The molecule has 0 spiro atoms. The van der Waals surface area contributed by atoms with Crippen LogP contribution in [0.5, 0.6) is 17.2 Å². The number of phenols is 2. The second-order valence-corrected chi connectivity index (χ2v) is 12.8. The van der Waals surface area contributed by atoms with Crippen molar-refractivity contribution in [3.05, 3.63) is 51.6 Å². The van der Waals surface area contributed by atoms with Crippen LogP contribution in [0.4, 0.5) is 0 Å². The van der Waals surface area contributed by atoms with E-state index < -0.39 is 107 Å². The first-order valence-corrected chi connectivity index (χ1v) is 15.2. The van der Waals surface area contributed by atoms with Gasteiger partial charge in [0.15, 0.2) is 18.4 Å². The number of hydrogen-bond acceptors (Lipinski definition) is 15. The van der Waals surface area contributed by atoms with Crippen molar-refractivity contribution in [2.45, 2.75) is 107 Å². The van der Waals surface area contributed by atoms with E-state index in [1.807, 2.05) is 0 Å². The van der Waals surface area contributed by atoms with Crippen LogP contribution >= 0.6 is 0 Å². The number of aliphatic hydroxyl groups excluding tert-OH is 4. The number of rotatable bonds is 5. The molecule has 12 unspecified atom stereocenters. The minimum atomic E-state index is -1.98. The summed E-state index contributed by atoms with van der Waals surface area (Å²) in [5.74, 6) is -3.48. The average molecular weight is 662 g/mol. The molecule has 12 atom stereocenters. The van der Waals surface area contributed by atoms with Gasteiger partial charge in [-0.2, -0.15) is 0 Å². The van der Waals surface area contributed by atoms with Crippen LogP contribution in [0.2, 0.25) is 0 Å². The molecule has 2 aliphatic heterocycles. The summed E-state index contributed by atoms with van der Waals surface area (Å²) in [6.45, 7) is 4.39. The van der Waals surface area contributed by atoms with Crippen molar-refractivity contribution < 1.29 is 74.1 Å². The van der Waals surface area contributed by atoms with E-state index in [4.69, 9.17) is 23.7 Å². The van der Waals surface area contributed by atoms with E-state index in [-0.39, 0.29) is 40.8 Å². The SMILES string of the molecule is COC1C(O)C(C)OC(OC2CC(C)(O)Cc3c(O)c4c(c(O)c32)C(=O)c2c(OC3OC(C)C(O)C(O)C3[O-])cccc2C4=O)C1O. The summed E-state index contributed by atoms with van der Waals surface area (Å²) in [7, 11) is 1.28. The number of hydrogen-bond donors (Lipinski definition) is 7. The van der Waals surface area contributed by atoms with Gasteiger partial charge in [-0.3, -0.25) is 9.59 Å². The molecule has 2 saturated heterocycles. The maximum Gasteiger partial charge on any atom is 0.202 e. The Bertz CT molecular complexity index is 1590. The third kappa shape index (κ3) is 5.40. The van der Waals surface area contributed by atoms with Crippen LogP contribution in [-0.2, 0) is 25.4 Å². The summed E-state index contributed by atoms with van der Waals surface area (Å²) in [5.41, 5.74) is -3.39. The average Bonchev–Trinajstić information content (AvgIpc) is 3.01. The van der Waals surface area contributed by atoms with Crippen molar-refractivity contribution in [1.29, 1.82) is 0 Å². The summed E-state index contributed by atoms with van der Waals surface area (Å²) in [5, 5.41) is 88.6. The molecule has 2 fully saturated rings. The molecule has 47 heavy (non-hydrogen) atoms. The predicted molar refractivity (Wildman–Crippen MR) is 154 cm³/mol. The van der Waals surface area contributed by atoms with Gasteiger partial charge in [0.1, 0.15) is 41.7 Å². The van der Waals surface area contributed by atoms with Crippen molar-refractivity contribution in [3.63, 3.8) is 0 Å². The number of fused-ring (bicyclic) bond motifs is 3. The largest absolute Gasteiger partial charge is 0.846 e. The highest BCUT2D eigenvalue weighted by molar-refractivity contribution is 6.31. The van der Waals surface area contributed by atoms with Gasteiger partial charge in [-0.15, -0.1) is 0 Å². The Morgan fingerprint density at radius 3 is 2.19 bits per heavy atom. The maximum atomic E-state index is 14.2. The summed E-state index contributed by atoms with van der Waals surface area (Å²) >= 11 is 0. The zero-order valence-electron chi connectivity index (χ0n) is 25.9. The van der Waals surface area contributed by atoms with E-state index in [1.54, 1.807) is 0 Å². The minimum Gasteiger partial charge on any atom is -0.846 e. The lowest BCUT2D eigenvalue weighted by molar-refractivity contribution is -0.493. The van der Waals surface area contributed by atoms with Crippen LogP contribution in [-0.4, -0.2) is 121 Å². The fourth-order valence-electron chi connectivity index (χ4n) is 6.92. The van der Waals surface area contributed by atoms with Gasteiger partial charge in [-0.05, 0) is 32.9 Å². The number of ether oxygens (including phenoxy) is 5. The number of ketones is 2. The molecule has 0 saturated carbocycles. The van der Waals surface area contributed by atoms with Crippen molar-refractivity contribution in [2.24, 2.45) is 0 Å². The molecular weight excluding hydrogens is 624 g/mol. The first kappa shape index (κ1) is 33.7. The molecule has 2 aromatic carbocycles. The lowest BCUT2D eigenvalue weighted by Gasteiger charge is -2.45. The zero-order chi connectivity index (χ0) is 34.3. The Labute approximate surface area is 268 Å². The van der Waals surface area contributed by atoms with Crippen molar-refractivity contribution >= 4 is 11.6 Å². The molecule has 7 N–H and O–H groups in total. The number of methoxy groups -OCH3 is 1. The molecule has 0 bridgehead atoms. The van der Waals surface area contributed by atoms with E-state index in [0.29, 0.717) is 0 Å². The van der Waals surface area contributed by atoms with Gasteiger partial charge >= 0.3 is 0 Å². The van der Waals surface area contributed by atoms with E-state index in [1.165, 1.54) is 46.1 Å². The molecule has 2 heterocycles. The Morgan fingerprint density at radius 2 is 1.51 bits per heavy atom. The molecule has 15 nitrogen and oxygen atoms in total. The number of aromatic hydroxyl groups is 2. The minimum absolute atomic E-state index is 0.0625. The molecule has 4 aliphatic rings. The molecular formula is C32H37O15-. The van der Waals surface area contributed by atoms with Crippen LogP contribution in [0.15, 0.2) is 18.2 Å². The van der Waals surface area contributed by atoms with Gasteiger partial charge in [-0.1, -0.05) is 12.1 Å². The smallest absolute Gasteiger partial charge is 0.202 e. The molecule has 0 amide bonds. The summed E-state index contributed by atoms with van der Waals surface area (Å²) in [4.78, 5) is 28.0.